The molecule has 226 valence electrons. The maximum atomic E-state index is 2.52. The van der Waals surface area contributed by atoms with Crippen LogP contribution in [0.1, 0.15) is 96.7 Å². The first-order chi connectivity index (χ1) is 19.9. The van der Waals surface area contributed by atoms with E-state index in [9.17, 15) is 0 Å². The summed E-state index contributed by atoms with van der Waals surface area (Å²) in [6.07, 6.45) is 8.19. The molecule has 0 bridgehead atoms. The Morgan fingerprint density at radius 1 is 0.614 bits per heavy atom. The minimum absolute atomic E-state index is 0. The van der Waals surface area contributed by atoms with Crippen LogP contribution in [0.3, 0.4) is 0 Å². The summed E-state index contributed by atoms with van der Waals surface area (Å²) in [5, 5.41) is 0. The van der Waals surface area contributed by atoms with E-state index in [0.29, 0.717) is 4.22 Å². The molecule has 0 saturated carbocycles. The molecule has 2 aliphatic rings. The topological polar surface area (TPSA) is 0 Å². The van der Waals surface area contributed by atoms with E-state index >= 15 is 0 Å². The summed E-state index contributed by atoms with van der Waals surface area (Å²) in [4.78, 5) is 0. The first-order valence-corrected chi connectivity index (χ1v) is 17.9. The summed E-state index contributed by atoms with van der Waals surface area (Å²) in [5.41, 5.74) is 14.4. The largest absolute Gasteiger partial charge is 1.00 e. The van der Waals surface area contributed by atoms with Gasteiger partial charge in [0.15, 0.2) is 0 Å². The summed E-state index contributed by atoms with van der Waals surface area (Å²) >= 11 is -2.22. The molecule has 0 N–H and O–H groups in total. The van der Waals surface area contributed by atoms with Gasteiger partial charge in [0.1, 0.15) is 0 Å². The van der Waals surface area contributed by atoms with Crippen molar-refractivity contribution in [3.05, 3.63) is 152 Å². The average molecular weight is 656 g/mol. The van der Waals surface area contributed by atoms with Gasteiger partial charge in [0.2, 0.25) is 0 Å². The van der Waals surface area contributed by atoms with E-state index in [4.69, 9.17) is 0 Å². The van der Waals surface area contributed by atoms with Gasteiger partial charge < -0.3 is 24.8 Å². The first kappa shape index (κ1) is 34.4. The smallest absolute Gasteiger partial charge is 1.00 e. The third kappa shape index (κ3) is 6.57. The summed E-state index contributed by atoms with van der Waals surface area (Å²) in [6, 6.07) is 33.6. The Bertz CT molecular complexity index is 1640. The fourth-order valence-electron chi connectivity index (χ4n) is 6.55. The van der Waals surface area contributed by atoms with E-state index in [1.54, 1.807) is 7.69 Å². The van der Waals surface area contributed by atoms with E-state index in [2.05, 4.69) is 159 Å². The molecule has 2 aliphatic carbocycles. The molecule has 0 saturated heterocycles. The average Bonchev–Trinajstić information content (AvgIpc) is 3.58. The van der Waals surface area contributed by atoms with Gasteiger partial charge in [0, 0.05) is 0 Å². The van der Waals surface area contributed by atoms with Gasteiger partial charge >= 0.3 is 261 Å². The van der Waals surface area contributed by atoms with Crippen LogP contribution in [-0.4, -0.2) is 3.81 Å². The van der Waals surface area contributed by atoms with E-state index in [-0.39, 0.29) is 35.6 Å². The van der Waals surface area contributed by atoms with Crippen LogP contribution >= 0.6 is 0 Å². The zero-order valence-corrected chi connectivity index (χ0v) is 30.4. The minimum Gasteiger partial charge on any atom is -1.00 e. The van der Waals surface area contributed by atoms with Gasteiger partial charge in [-0.2, -0.15) is 0 Å². The third-order valence-corrected chi connectivity index (χ3v) is 14.4. The third-order valence-electron chi connectivity index (χ3n) is 9.11. The standard InChI is InChI=1S/C21H25.C15H14.C5H5.2ClH.Ti/c1-20(2,3)16-9-7-14-11-15-8-10-17(21(4,5)6)13-19(15)18(14)12-16;1-12-3-7-14(8-4-12)11-15-9-5-13(2)6-10-15;1-2-4-5-3-1;;;/h7-13H,1-6H3;3-10H,1-2H3;1-3H,4H2;2*1H;/q;;;;;+2/p-2. The second-order valence-electron chi connectivity index (χ2n) is 14.4. The van der Waals surface area contributed by atoms with Crippen molar-refractivity contribution in [3.63, 3.8) is 0 Å². The molecule has 6 rings (SSSR count). The fraction of sp³-hybridized carbons (Fsp3) is 0.293. The molecule has 0 nitrogen and oxygen atoms in total. The van der Waals surface area contributed by atoms with Crippen molar-refractivity contribution in [2.45, 2.75) is 76.9 Å². The predicted octanol–water partition coefficient (Wildman–Crippen LogP) is 4.71. The number of hydrogen-bond donors (Lipinski definition) is 0. The van der Waals surface area contributed by atoms with Crippen molar-refractivity contribution < 1.29 is 42.2 Å². The normalized spacial score (nSPS) is 13.7. The number of halogens is 2. The first-order valence-electron chi connectivity index (χ1n) is 15.5. The molecule has 0 heterocycles. The number of allylic oxidation sites excluding steroid dienone is 4. The van der Waals surface area contributed by atoms with Gasteiger partial charge in [-0.05, 0) is 0 Å². The van der Waals surface area contributed by atoms with Crippen LogP contribution in [0.2, 0.25) is 0 Å². The predicted molar refractivity (Wildman–Crippen MR) is 179 cm³/mol. The molecule has 0 amide bonds. The van der Waals surface area contributed by atoms with Crippen LogP contribution in [0.25, 0.3) is 11.1 Å². The van der Waals surface area contributed by atoms with Gasteiger partial charge in [0.05, 0.1) is 0 Å². The van der Waals surface area contributed by atoms with Crippen molar-refractivity contribution in [2.75, 3.05) is 0 Å². The van der Waals surface area contributed by atoms with Crippen LogP contribution < -0.4 is 24.8 Å². The summed E-state index contributed by atoms with van der Waals surface area (Å²) < 4.78 is 3.66. The van der Waals surface area contributed by atoms with Crippen molar-refractivity contribution in [1.29, 1.82) is 0 Å². The van der Waals surface area contributed by atoms with Crippen LogP contribution in [0.5, 0.6) is 0 Å². The summed E-state index contributed by atoms with van der Waals surface area (Å²) in [7, 11) is 0. The maximum Gasteiger partial charge on any atom is -1.00 e. The van der Waals surface area contributed by atoms with Crippen molar-refractivity contribution >= 4 is 3.81 Å². The second kappa shape index (κ2) is 13.1. The van der Waals surface area contributed by atoms with E-state index in [0.717, 1.165) is 6.42 Å². The van der Waals surface area contributed by atoms with Gasteiger partial charge in [-0.25, -0.2) is 0 Å². The molecule has 0 atom stereocenters. The Morgan fingerprint density at radius 2 is 1.05 bits per heavy atom. The quantitative estimate of drug-likeness (QED) is 0.280. The van der Waals surface area contributed by atoms with Gasteiger partial charge in [-0.15, -0.1) is 0 Å². The Morgan fingerprint density at radius 3 is 1.41 bits per heavy atom. The van der Waals surface area contributed by atoms with Crippen LogP contribution in [0.15, 0.2) is 107 Å². The summed E-state index contributed by atoms with van der Waals surface area (Å²) in [6.45, 7) is 18.4. The molecule has 3 heteroatoms. The maximum absolute atomic E-state index is 2.52. The Labute approximate surface area is 283 Å². The number of fused-ring (bicyclic) bond motifs is 3. The molecular weight excluding hydrogens is 611 g/mol. The Balaban J connectivity index is 0.00000221. The number of aryl methyl sites for hydroxylation is 2. The minimum atomic E-state index is -2.22. The van der Waals surface area contributed by atoms with E-state index < -0.39 is 17.4 Å². The molecule has 44 heavy (non-hydrogen) atoms. The van der Waals surface area contributed by atoms with Gasteiger partial charge in [-0.3, -0.25) is 0 Å². The molecule has 0 aliphatic heterocycles. The number of benzene rings is 4. The number of hydrogen-bond acceptors (Lipinski definition) is 0. The van der Waals surface area contributed by atoms with Gasteiger partial charge in [-0.1, -0.05) is 0 Å². The van der Waals surface area contributed by atoms with Crippen molar-refractivity contribution in [3.8, 4) is 11.1 Å². The van der Waals surface area contributed by atoms with Crippen molar-refractivity contribution in [2.24, 2.45) is 0 Å². The van der Waals surface area contributed by atoms with Crippen molar-refractivity contribution in [1.82, 2.24) is 0 Å². The molecule has 0 unspecified atom stereocenters. The van der Waals surface area contributed by atoms with Gasteiger partial charge in [0.25, 0.3) is 0 Å². The number of rotatable bonds is 4. The van der Waals surface area contributed by atoms with E-state index in [1.807, 2.05) is 0 Å². The van der Waals surface area contributed by atoms with E-state index in [1.165, 1.54) is 55.6 Å². The molecule has 0 aromatic heterocycles. The zero-order chi connectivity index (χ0) is 29.8. The molecule has 0 radical (unpaired) electrons. The monoisotopic (exact) mass is 654 g/mol. The fourth-order valence-corrected chi connectivity index (χ4v) is 12.3. The van der Waals surface area contributed by atoms with Crippen LogP contribution in [-0.2, 0) is 28.2 Å². The molecule has 4 aromatic carbocycles. The summed E-state index contributed by atoms with van der Waals surface area (Å²) in [5.74, 6) is 0. The van der Waals surface area contributed by atoms with Crippen LogP contribution in [0, 0.1) is 13.8 Å². The zero-order valence-electron chi connectivity index (χ0n) is 27.4. The Kier molecular flexibility index (Phi) is 10.2. The molecular formula is C41H44Cl2Ti. The SMILES string of the molecule is Cc1ccc([C](c2ccc(C)cc2)=[Ti+2]([C]2=CC=CC2)[CH]2c3ccc(C(C)(C)C)cc3-c3cc(C(C)(C)C)ccc32)cc1.[Cl-].[Cl-]. The Hall–Kier alpha value is -2.48. The van der Waals surface area contributed by atoms with Crippen LogP contribution in [0.4, 0.5) is 0 Å². The second-order valence-corrected chi connectivity index (χ2v) is 18.4. The molecule has 0 fully saturated rings. The molecule has 4 aromatic rings. The molecule has 0 spiro atoms.